The van der Waals surface area contributed by atoms with Crippen LogP contribution in [-0.4, -0.2) is 23.1 Å². The molecule has 4 aromatic rings. The van der Waals surface area contributed by atoms with Crippen molar-refractivity contribution in [2.75, 3.05) is 0 Å². The molecule has 0 spiro atoms. The molecule has 0 aliphatic heterocycles. The molecule has 0 aromatic heterocycles. The van der Waals surface area contributed by atoms with E-state index in [1.807, 2.05) is 53.7 Å². The number of rotatable bonds is 6. The largest absolute Gasteiger partial charge is 0.457 e. The molecule has 0 N–H and O–H groups in total. The maximum absolute atomic E-state index is 12.4. The van der Waals surface area contributed by atoms with Gasteiger partial charge in [0.2, 0.25) is 0 Å². The summed E-state index contributed by atoms with van der Waals surface area (Å²) in [7, 11) is 0. The molecule has 0 atom stereocenters. The molecule has 0 unspecified atom stereocenters. The lowest BCUT2D eigenvalue weighted by molar-refractivity contribution is -0.149. The standard InChI is InChI=1S/C41H42O4/c1-27-25-29(19-23-37(42)44-39(3,4)5)17-21-33(27)41(35-15-11-9-13-31(35)32-14-10-12-16-36(32)41)34-22-18-30(26-28(34)2)20-24-38(43)45-40(6,7)8/h9-26H,1-8H3. The summed E-state index contributed by atoms with van der Waals surface area (Å²) >= 11 is 0. The van der Waals surface area contributed by atoms with Crippen molar-refractivity contribution in [1.82, 2.24) is 0 Å². The van der Waals surface area contributed by atoms with Gasteiger partial charge in [-0.1, -0.05) is 84.9 Å². The van der Waals surface area contributed by atoms with Gasteiger partial charge in [-0.25, -0.2) is 9.59 Å². The molecule has 0 radical (unpaired) electrons. The van der Waals surface area contributed by atoms with Crippen molar-refractivity contribution < 1.29 is 19.1 Å². The highest BCUT2D eigenvalue weighted by atomic mass is 16.6. The molecule has 0 fully saturated rings. The Morgan fingerprint density at radius 1 is 0.556 bits per heavy atom. The number of esters is 2. The first-order valence-corrected chi connectivity index (χ1v) is 15.4. The molecule has 1 aliphatic rings. The van der Waals surface area contributed by atoms with Crippen molar-refractivity contribution >= 4 is 24.1 Å². The molecular formula is C41H42O4. The third-order valence-electron chi connectivity index (χ3n) is 7.90. The Balaban J connectivity index is 1.65. The zero-order valence-electron chi connectivity index (χ0n) is 27.5. The Hall–Kier alpha value is -4.70. The normalized spacial score (nSPS) is 14.0. The quantitative estimate of drug-likeness (QED) is 0.144. The Morgan fingerprint density at radius 2 is 0.933 bits per heavy atom. The smallest absolute Gasteiger partial charge is 0.331 e. The van der Waals surface area contributed by atoms with E-state index >= 15 is 0 Å². The molecular weight excluding hydrogens is 556 g/mol. The maximum Gasteiger partial charge on any atom is 0.331 e. The molecule has 0 saturated heterocycles. The number of aryl methyl sites for hydroxylation is 2. The van der Waals surface area contributed by atoms with E-state index in [-0.39, 0.29) is 11.9 Å². The second-order valence-corrected chi connectivity index (χ2v) is 13.7. The van der Waals surface area contributed by atoms with Crippen LogP contribution in [0.3, 0.4) is 0 Å². The van der Waals surface area contributed by atoms with E-state index in [1.165, 1.54) is 45.5 Å². The molecule has 1 aliphatic carbocycles. The summed E-state index contributed by atoms with van der Waals surface area (Å²) in [6.07, 6.45) is 6.60. The molecule has 0 amide bonds. The van der Waals surface area contributed by atoms with Crippen LogP contribution < -0.4 is 0 Å². The lowest BCUT2D eigenvalue weighted by Gasteiger charge is -2.36. The van der Waals surface area contributed by atoms with Gasteiger partial charge in [-0.2, -0.15) is 0 Å². The van der Waals surface area contributed by atoms with Gasteiger partial charge in [0.1, 0.15) is 11.2 Å². The van der Waals surface area contributed by atoms with Crippen LogP contribution in [0.15, 0.2) is 97.1 Å². The molecule has 4 heteroatoms. The highest BCUT2D eigenvalue weighted by Crippen LogP contribution is 2.57. The van der Waals surface area contributed by atoms with Gasteiger partial charge < -0.3 is 9.47 Å². The van der Waals surface area contributed by atoms with Crippen molar-refractivity contribution in [2.24, 2.45) is 0 Å². The van der Waals surface area contributed by atoms with Gasteiger partial charge >= 0.3 is 11.9 Å². The Bertz CT molecular complexity index is 1690. The van der Waals surface area contributed by atoms with E-state index in [1.54, 1.807) is 0 Å². The summed E-state index contributed by atoms with van der Waals surface area (Å²) in [6, 6.07) is 30.1. The van der Waals surface area contributed by atoms with Crippen LogP contribution in [0.2, 0.25) is 0 Å². The summed E-state index contributed by atoms with van der Waals surface area (Å²) in [5.41, 5.74) is 9.66. The van der Waals surface area contributed by atoms with Gasteiger partial charge in [0.25, 0.3) is 0 Å². The van der Waals surface area contributed by atoms with Crippen LogP contribution in [-0.2, 0) is 24.5 Å². The average molecular weight is 599 g/mol. The third-order valence-corrected chi connectivity index (χ3v) is 7.90. The van der Waals surface area contributed by atoms with Crippen LogP contribution in [0.25, 0.3) is 23.3 Å². The van der Waals surface area contributed by atoms with E-state index in [9.17, 15) is 9.59 Å². The molecule has 4 aromatic carbocycles. The van der Waals surface area contributed by atoms with Crippen molar-refractivity contribution in [2.45, 2.75) is 72.0 Å². The monoisotopic (exact) mass is 598 g/mol. The number of carbonyl (C=O) groups excluding carboxylic acids is 2. The van der Waals surface area contributed by atoms with Crippen LogP contribution >= 0.6 is 0 Å². The second kappa shape index (κ2) is 12.0. The highest BCUT2D eigenvalue weighted by Gasteiger charge is 2.47. The predicted octanol–water partition coefficient (Wildman–Crippen LogP) is 9.38. The van der Waals surface area contributed by atoms with Crippen LogP contribution in [0.5, 0.6) is 0 Å². The molecule has 0 bridgehead atoms. The number of ether oxygens (including phenoxy) is 2. The number of hydrogen-bond acceptors (Lipinski definition) is 4. The van der Waals surface area contributed by atoms with E-state index in [0.29, 0.717) is 0 Å². The molecule has 0 heterocycles. The summed E-state index contributed by atoms with van der Waals surface area (Å²) in [5.74, 6) is -0.730. The van der Waals surface area contributed by atoms with Crippen molar-refractivity contribution in [3.05, 3.63) is 142 Å². The minimum atomic E-state index is -0.567. The Morgan fingerprint density at radius 3 is 1.29 bits per heavy atom. The van der Waals surface area contributed by atoms with Gasteiger partial charge in [0.05, 0.1) is 5.41 Å². The minimum Gasteiger partial charge on any atom is -0.457 e. The van der Waals surface area contributed by atoms with E-state index in [0.717, 1.165) is 22.3 Å². The van der Waals surface area contributed by atoms with Gasteiger partial charge in [-0.3, -0.25) is 0 Å². The van der Waals surface area contributed by atoms with Crippen molar-refractivity contribution in [3.8, 4) is 11.1 Å². The zero-order valence-corrected chi connectivity index (χ0v) is 27.5. The van der Waals surface area contributed by atoms with Gasteiger partial charge in [-0.05, 0) is 123 Å². The second-order valence-electron chi connectivity index (χ2n) is 13.7. The fraction of sp³-hybridized carbons (Fsp3) is 0.268. The summed E-state index contributed by atoms with van der Waals surface area (Å²) < 4.78 is 10.9. The zero-order chi connectivity index (χ0) is 32.6. The predicted molar refractivity (Wildman–Crippen MR) is 183 cm³/mol. The number of benzene rings is 4. The number of hydrogen-bond donors (Lipinski definition) is 0. The minimum absolute atomic E-state index is 0.365. The SMILES string of the molecule is Cc1cc(C=CC(=O)OC(C)(C)C)ccc1C1(c2ccc(C=CC(=O)OC(C)(C)C)cc2C)c2ccccc2-c2ccccc21. The first kappa shape index (κ1) is 31.7. The Kier molecular flexibility index (Phi) is 8.46. The van der Waals surface area contributed by atoms with Crippen LogP contribution in [0.1, 0.15) is 86.1 Å². The van der Waals surface area contributed by atoms with E-state index < -0.39 is 16.6 Å². The lowest BCUT2D eigenvalue weighted by Crippen LogP contribution is -2.30. The lowest BCUT2D eigenvalue weighted by atomic mass is 9.65. The number of carbonyl (C=O) groups is 2. The Labute approximate surface area is 267 Å². The summed E-state index contributed by atoms with van der Waals surface area (Å²) in [4.78, 5) is 24.7. The van der Waals surface area contributed by atoms with Gasteiger partial charge in [0.15, 0.2) is 0 Å². The van der Waals surface area contributed by atoms with Gasteiger partial charge in [0, 0.05) is 12.2 Å². The van der Waals surface area contributed by atoms with Crippen molar-refractivity contribution in [1.29, 1.82) is 0 Å². The average Bonchev–Trinajstić information content (AvgIpc) is 3.24. The molecule has 0 saturated carbocycles. The molecule has 4 nitrogen and oxygen atoms in total. The number of fused-ring (bicyclic) bond motifs is 3. The molecule has 230 valence electrons. The van der Waals surface area contributed by atoms with Crippen LogP contribution in [0.4, 0.5) is 0 Å². The topological polar surface area (TPSA) is 52.6 Å². The fourth-order valence-electron chi connectivity index (χ4n) is 6.38. The molecule has 5 rings (SSSR count). The van der Waals surface area contributed by atoms with E-state index in [2.05, 4.69) is 98.8 Å². The van der Waals surface area contributed by atoms with E-state index in [4.69, 9.17) is 9.47 Å². The van der Waals surface area contributed by atoms with Crippen molar-refractivity contribution in [3.63, 3.8) is 0 Å². The summed E-state index contributed by atoms with van der Waals surface area (Å²) in [5, 5.41) is 0. The maximum atomic E-state index is 12.4. The third kappa shape index (κ3) is 6.56. The van der Waals surface area contributed by atoms with Crippen LogP contribution in [0, 0.1) is 13.8 Å². The fourth-order valence-corrected chi connectivity index (χ4v) is 6.38. The first-order chi connectivity index (χ1) is 21.2. The summed E-state index contributed by atoms with van der Waals surface area (Å²) in [6.45, 7) is 15.4. The molecule has 45 heavy (non-hydrogen) atoms. The highest BCUT2D eigenvalue weighted by molar-refractivity contribution is 5.89. The first-order valence-electron chi connectivity index (χ1n) is 15.4. The van der Waals surface area contributed by atoms with Gasteiger partial charge in [-0.15, -0.1) is 0 Å².